The molecule has 0 aliphatic heterocycles. The summed E-state index contributed by atoms with van der Waals surface area (Å²) in [6, 6.07) is -1.67. The molecule has 0 saturated carbocycles. The number of hydrogen-bond acceptors (Lipinski definition) is 3. The van der Waals surface area contributed by atoms with Gasteiger partial charge in [-0.25, -0.2) is 0 Å². The first-order valence-electron chi connectivity index (χ1n) is 6.47. The zero-order valence-corrected chi connectivity index (χ0v) is 12.6. The van der Waals surface area contributed by atoms with Crippen molar-refractivity contribution in [1.29, 1.82) is 0 Å². The minimum absolute atomic E-state index is 0.367. The van der Waals surface area contributed by atoms with E-state index in [1.165, 1.54) is 0 Å². The Hall–Kier alpha value is -2.03. The average molecular weight is 438 g/mol. The lowest BCUT2D eigenvalue weighted by molar-refractivity contribution is -0.392. The Labute approximate surface area is 146 Å². The lowest BCUT2D eigenvalue weighted by Gasteiger charge is -2.33. The van der Waals surface area contributed by atoms with E-state index in [-0.39, 0.29) is 12.1 Å². The fourth-order valence-electron chi connectivity index (χ4n) is 1.82. The highest BCUT2D eigenvalue weighted by Gasteiger charge is 2.73. The number of carbonyl (C=O) groups excluding carboxylic acids is 1. The van der Waals surface area contributed by atoms with Crippen LogP contribution in [0.15, 0.2) is 18.2 Å². The van der Waals surface area contributed by atoms with Gasteiger partial charge in [-0.15, -0.1) is 0 Å². The Morgan fingerprint density at radius 1 is 0.607 bits per heavy atom. The molecule has 2 unspecified atom stereocenters. The summed E-state index contributed by atoms with van der Waals surface area (Å²) in [5.74, 6) is -25.1. The minimum Gasteiger partial charge on any atom is -0.350 e. The number of aldehydes is 1. The van der Waals surface area contributed by atoms with Crippen molar-refractivity contribution in [3.8, 4) is 0 Å². The SMILES string of the molecule is O=Cc1cc(C(F)(F)C(O)(F)C(F)(F)F)cc(C(F)(F)C(O)(F)C(F)(F)F)c1. The minimum atomic E-state index is -6.72. The third-order valence-corrected chi connectivity index (χ3v) is 3.40. The number of halogens is 12. The largest absolute Gasteiger partial charge is 0.455 e. The highest BCUT2D eigenvalue weighted by Crippen LogP contribution is 2.52. The monoisotopic (exact) mass is 438 g/mol. The molecule has 0 aliphatic rings. The van der Waals surface area contributed by atoms with E-state index in [0.717, 1.165) is 0 Å². The molecule has 0 bridgehead atoms. The molecule has 0 fully saturated rings. The zero-order chi connectivity index (χ0) is 22.6. The summed E-state index contributed by atoms with van der Waals surface area (Å²) in [6.07, 6.45) is -14.1. The molecule has 1 rings (SSSR count). The molecule has 0 radical (unpaired) electrons. The fourth-order valence-corrected chi connectivity index (χ4v) is 1.82. The van der Waals surface area contributed by atoms with E-state index < -0.39 is 65.0 Å². The summed E-state index contributed by atoms with van der Waals surface area (Å²) in [5, 5.41) is 16.9. The van der Waals surface area contributed by atoms with Gasteiger partial charge in [-0.3, -0.25) is 4.79 Å². The summed E-state index contributed by atoms with van der Waals surface area (Å²) >= 11 is 0. The van der Waals surface area contributed by atoms with Gasteiger partial charge in [0.25, 0.3) is 0 Å². The molecule has 0 spiro atoms. The van der Waals surface area contributed by atoms with E-state index in [1.54, 1.807) is 0 Å². The highest BCUT2D eigenvalue weighted by atomic mass is 19.4. The van der Waals surface area contributed by atoms with Crippen molar-refractivity contribution in [1.82, 2.24) is 0 Å². The second kappa shape index (κ2) is 6.50. The number of benzene rings is 1. The lowest BCUT2D eigenvalue weighted by Crippen LogP contribution is -2.54. The molecule has 0 heterocycles. The standard InChI is InChI=1S/C13H6F12O3/c14-8(15,10(18,27)12(20,21)22)6-1-5(4-26)2-7(3-6)9(16,17)11(19,28)13(23,24)25/h1-4,27-28H. The Bertz CT molecular complexity index is 692. The quantitative estimate of drug-likeness (QED) is 0.538. The van der Waals surface area contributed by atoms with Crippen molar-refractivity contribution >= 4 is 6.29 Å². The van der Waals surface area contributed by atoms with Gasteiger partial charge in [0.05, 0.1) is 0 Å². The van der Waals surface area contributed by atoms with Crippen molar-refractivity contribution in [2.24, 2.45) is 0 Å². The van der Waals surface area contributed by atoms with E-state index in [4.69, 9.17) is 10.2 Å². The zero-order valence-electron chi connectivity index (χ0n) is 12.6. The van der Waals surface area contributed by atoms with E-state index >= 15 is 0 Å². The maximum atomic E-state index is 13.8. The summed E-state index contributed by atoms with van der Waals surface area (Å²) < 4.78 is 155. The summed E-state index contributed by atoms with van der Waals surface area (Å²) in [7, 11) is 0. The van der Waals surface area contributed by atoms with Crippen LogP contribution in [0.1, 0.15) is 21.5 Å². The van der Waals surface area contributed by atoms with Gasteiger partial charge >= 0.3 is 35.9 Å². The van der Waals surface area contributed by atoms with Crippen molar-refractivity contribution < 1.29 is 67.7 Å². The van der Waals surface area contributed by atoms with E-state index in [1.807, 2.05) is 0 Å². The molecule has 160 valence electrons. The van der Waals surface area contributed by atoms with Crippen LogP contribution in [0.4, 0.5) is 52.7 Å². The first kappa shape index (κ1) is 24.0. The van der Waals surface area contributed by atoms with Crippen LogP contribution in [0.2, 0.25) is 0 Å². The van der Waals surface area contributed by atoms with Crippen molar-refractivity contribution in [2.45, 2.75) is 35.9 Å². The molecule has 2 N–H and O–H groups in total. The van der Waals surface area contributed by atoms with Crippen molar-refractivity contribution in [2.75, 3.05) is 0 Å². The second-order valence-electron chi connectivity index (χ2n) is 5.35. The normalized spacial score (nSPS) is 18.4. The van der Waals surface area contributed by atoms with Gasteiger partial charge in [-0.2, -0.15) is 52.7 Å². The fraction of sp³-hybridized carbons (Fsp3) is 0.462. The van der Waals surface area contributed by atoms with Gasteiger partial charge < -0.3 is 10.2 Å². The van der Waals surface area contributed by atoms with Gasteiger partial charge in [0, 0.05) is 16.7 Å². The van der Waals surface area contributed by atoms with Crippen LogP contribution in [0.25, 0.3) is 0 Å². The molecule has 1 aromatic rings. The topological polar surface area (TPSA) is 57.5 Å². The van der Waals surface area contributed by atoms with Crippen LogP contribution in [0, 0.1) is 0 Å². The number of hydrogen-bond donors (Lipinski definition) is 2. The summed E-state index contributed by atoms with van der Waals surface area (Å²) in [5.41, 5.74) is -6.57. The maximum Gasteiger partial charge on any atom is 0.455 e. The molecule has 15 heteroatoms. The van der Waals surface area contributed by atoms with Gasteiger partial charge in [0.2, 0.25) is 0 Å². The molecular formula is C13H6F12O3. The Morgan fingerprint density at radius 2 is 0.893 bits per heavy atom. The average Bonchev–Trinajstić information content (AvgIpc) is 2.51. The van der Waals surface area contributed by atoms with Gasteiger partial charge in [0.15, 0.2) is 0 Å². The highest BCUT2D eigenvalue weighted by molar-refractivity contribution is 5.76. The van der Waals surface area contributed by atoms with E-state index in [0.29, 0.717) is 0 Å². The van der Waals surface area contributed by atoms with Crippen LogP contribution in [-0.2, 0) is 11.8 Å². The van der Waals surface area contributed by atoms with E-state index in [9.17, 15) is 57.5 Å². The second-order valence-corrected chi connectivity index (χ2v) is 5.35. The lowest BCUT2D eigenvalue weighted by atomic mass is 9.92. The van der Waals surface area contributed by atoms with Crippen LogP contribution < -0.4 is 0 Å². The molecule has 2 atom stereocenters. The van der Waals surface area contributed by atoms with Crippen molar-refractivity contribution in [3.63, 3.8) is 0 Å². The van der Waals surface area contributed by atoms with Crippen LogP contribution >= 0.6 is 0 Å². The predicted molar refractivity (Wildman–Crippen MR) is 63.8 cm³/mol. The van der Waals surface area contributed by atoms with Gasteiger partial charge in [0.1, 0.15) is 6.29 Å². The Morgan fingerprint density at radius 3 is 1.11 bits per heavy atom. The first-order chi connectivity index (χ1) is 12.1. The van der Waals surface area contributed by atoms with Gasteiger partial charge in [-0.05, 0) is 18.2 Å². The van der Waals surface area contributed by atoms with Crippen molar-refractivity contribution in [3.05, 3.63) is 34.9 Å². The predicted octanol–water partition coefficient (Wildman–Crippen LogP) is 4.12. The number of aliphatic hydroxyl groups is 2. The summed E-state index contributed by atoms with van der Waals surface area (Å²) in [4.78, 5) is 10.6. The van der Waals surface area contributed by atoms with Crippen LogP contribution in [-0.4, -0.2) is 40.6 Å². The van der Waals surface area contributed by atoms with Crippen LogP contribution in [0.5, 0.6) is 0 Å². The molecular weight excluding hydrogens is 432 g/mol. The van der Waals surface area contributed by atoms with Crippen LogP contribution in [0.3, 0.4) is 0 Å². The Balaban J connectivity index is 3.77. The molecule has 3 nitrogen and oxygen atoms in total. The molecule has 0 aromatic heterocycles. The Kier molecular flexibility index (Phi) is 5.58. The third-order valence-electron chi connectivity index (χ3n) is 3.40. The number of carbonyl (C=O) groups is 1. The van der Waals surface area contributed by atoms with E-state index in [2.05, 4.69) is 0 Å². The molecule has 0 amide bonds. The molecule has 0 aliphatic carbocycles. The first-order valence-corrected chi connectivity index (χ1v) is 6.47. The molecule has 0 saturated heterocycles. The summed E-state index contributed by atoms with van der Waals surface area (Å²) in [6.45, 7) is 0. The third kappa shape index (κ3) is 3.52. The molecule has 28 heavy (non-hydrogen) atoms. The molecule has 1 aromatic carbocycles. The number of rotatable bonds is 5. The smallest absolute Gasteiger partial charge is 0.350 e. The van der Waals surface area contributed by atoms with Gasteiger partial charge in [-0.1, -0.05) is 0 Å². The number of alkyl halides is 12. The maximum absolute atomic E-state index is 13.8.